The number of benzene rings is 2. The zero-order valence-corrected chi connectivity index (χ0v) is 24.6. The molecule has 0 aliphatic carbocycles. The van der Waals surface area contributed by atoms with Gasteiger partial charge in [0.1, 0.15) is 31.3 Å². The van der Waals surface area contributed by atoms with Gasteiger partial charge in [0, 0.05) is 42.4 Å². The number of aryl methyl sites for hydroxylation is 5. The predicted octanol–water partition coefficient (Wildman–Crippen LogP) is 2.64. The van der Waals surface area contributed by atoms with E-state index in [-0.39, 0.29) is 0 Å². The first-order valence-electron chi connectivity index (χ1n) is 14.3. The van der Waals surface area contributed by atoms with Crippen LogP contribution in [0.2, 0.25) is 0 Å². The van der Waals surface area contributed by atoms with E-state index >= 15 is 0 Å². The van der Waals surface area contributed by atoms with Gasteiger partial charge in [-0.25, -0.2) is 18.3 Å². The Bertz CT molecular complexity index is 1320. The van der Waals surface area contributed by atoms with Crippen LogP contribution in [0.3, 0.4) is 0 Å². The third kappa shape index (κ3) is 11.9. The highest BCUT2D eigenvalue weighted by Gasteiger charge is 2.03. The molecule has 0 unspecified atom stereocenters. The van der Waals surface area contributed by atoms with Gasteiger partial charge in [0.15, 0.2) is 0 Å². The Labute approximate surface area is 244 Å². The third-order valence-electron chi connectivity index (χ3n) is 6.66. The number of aromatic nitrogens is 4. The molecule has 0 amide bonds. The maximum absolute atomic E-state index is 5.92. The van der Waals surface area contributed by atoms with Crippen molar-refractivity contribution in [3.05, 3.63) is 85.0 Å². The second-order valence-corrected chi connectivity index (χ2v) is 10.3. The molecule has 0 aliphatic rings. The first-order chi connectivity index (χ1) is 19.8. The molecular formula is C31H48N8O2+2. The first-order valence-corrected chi connectivity index (χ1v) is 14.3. The number of ether oxygens (including phenoxy) is 2. The summed E-state index contributed by atoms with van der Waals surface area (Å²) in [6, 6.07) is 11.4. The molecule has 8 N–H and O–H groups in total. The summed E-state index contributed by atoms with van der Waals surface area (Å²) in [6.07, 6.45) is 17.1. The molecule has 222 valence electrons. The van der Waals surface area contributed by atoms with Crippen LogP contribution in [0, 0.1) is 0 Å². The molecule has 10 heteroatoms. The van der Waals surface area contributed by atoms with Crippen molar-refractivity contribution in [2.45, 2.75) is 45.2 Å². The van der Waals surface area contributed by atoms with E-state index in [4.69, 9.17) is 32.4 Å². The summed E-state index contributed by atoms with van der Waals surface area (Å²) in [5.41, 5.74) is 28.4. The van der Waals surface area contributed by atoms with Gasteiger partial charge in [-0.3, -0.25) is 0 Å². The molecule has 4 aromatic rings. The number of hydrogen-bond donors (Lipinski definition) is 4. The lowest BCUT2D eigenvalue weighted by Gasteiger charge is -2.07. The third-order valence-corrected chi connectivity index (χ3v) is 6.66. The Balaban J connectivity index is 0.000000226. The number of imidazole rings is 2. The smallest absolute Gasteiger partial charge is 0.243 e. The van der Waals surface area contributed by atoms with Crippen LogP contribution in [0.1, 0.15) is 30.4 Å². The Morgan fingerprint density at radius 3 is 1.54 bits per heavy atom. The molecular weight excluding hydrogens is 516 g/mol. The van der Waals surface area contributed by atoms with E-state index in [1.54, 1.807) is 0 Å². The molecule has 2 aromatic carbocycles. The summed E-state index contributed by atoms with van der Waals surface area (Å²) in [5.74, 6) is 0. The topological polar surface area (TPSA) is 140 Å². The molecule has 0 bridgehead atoms. The summed E-state index contributed by atoms with van der Waals surface area (Å²) < 4.78 is 19.6. The molecule has 2 aromatic heterocycles. The van der Waals surface area contributed by atoms with Gasteiger partial charge >= 0.3 is 0 Å². The van der Waals surface area contributed by atoms with Crippen molar-refractivity contribution in [2.75, 3.05) is 49.4 Å². The minimum atomic E-state index is 0.711. The quantitative estimate of drug-likeness (QED) is 0.0994. The van der Waals surface area contributed by atoms with Crippen molar-refractivity contribution in [1.29, 1.82) is 0 Å². The van der Waals surface area contributed by atoms with Gasteiger partial charge in [-0.1, -0.05) is 12.1 Å². The van der Waals surface area contributed by atoms with Crippen molar-refractivity contribution in [3.8, 4) is 0 Å². The van der Waals surface area contributed by atoms with Crippen molar-refractivity contribution in [2.24, 2.45) is 14.1 Å². The molecule has 0 saturated carbocycles. The Morgan fingerprint density at radius 2 is 1.07 bits per heavy atom. The van der Waals surface area contributed by atoms with Crippen molar-refractivity contribution < 1.29 is 18.6 Å². The zero-order valence-electron chi connectivity index (χ0n) is 24.6. The van der Waals surface area contributed by atoms with Crippen LogP contribution in [0.15, 0.2) is 73.8 Å². The molecule has 0 radical (unpaired) electrons. The van der Waals surface area contributed by atoms with E-state index in [0.717, 1.165) is 94.1 Å². The zero-order chi connectivity index (χ0) is 29.5. The summed E-state index contributed by atoms with van der Waals surface area (Å²) >= 11 is 0. The average Bonchev–Trinajstić information content (AvgIpc) is 3.55. The predicted molar refractivity (Wildman–Crippen MR) is 165 cm³/mol. The van der Waals surface area contributed by atoms with Crippen LogP contribution in [0.25, 0.3) is 0 Å². The number of hydrogen-bond acceptors (Lipinski definition) is 6. The van der Waals surface area contributed by atoms with Gasteiger partial charge in [-0.15, -0.1) is 0 Å². The van der Waals surface area contributed by atoms with Gasteiger partial charge in [-0.05, 0) is 61.1 Å². The molecule has 4 rings (SSSR count). The lowest BCUT2D eigenvalue weighted by Crippen LogP contribution is -2.24. The fourth-order valence-corrected chi connectivity index (χ4v) is 4.40. The summed E-state index contributed by atoms with van der Waals surface area (Å²) in [5, 5.41) is 0. The molecule has 0 saturated heterocycles. The molecule has 2 heterocycles. The summed E-state index contributed by atoms with van der Waals surface area (Å²) in [6.45, 7) is 4.90. The van der Waals surface area contributed by atoms with Gasteiger partial charge < -0.3 is 32.4 Å². The highest BCUT2D eigenvalue weighted by atomic mass is 16.5. The molecule has 10 nitrogen and oxygen atoms in total. The first kappa shape index (κ1) is 31.5. The fraction of sp³-hybridized carbons (Fsp3) is 0.419. The molecule has 0 aliphatic heterocycles. The lowest BCUT2D eigenvalue weighted by atomic mass is 10.1. The Kier molecular flexibility index (Phi) is 13.0. The molecule has 0 fully saturated rings. The number of nitrogens with two attached hydrogens (primary N) is 4. The van der Waals surface area contributed by atoms with E-state index in [9.17, 15) is 0 Å². The normalized spacial score (nSPS) is 10.9. The van der Waals surface area contributed by atoms with E-state index in [0.29, 0.717) is 11.4 Å². The van der Waals surface area contributed by atoms with Crippen LogP contribution >= 0.6 is 0 Å². The maximum atomic E-state index is 5.92. The number of rotatable bonds is 15. The number of nitrogen functional groups attached to an aromatic ring is 4. The van der Waals surface area contributed by atoms with E-state index in [1.165, 1.54) is 0 Å². The van der Waals surface area contributed by atoms with Gasteiger partial charge in [0.05, 0.1) is 33.9 Å². The van der Waals surface area contributed by atoms with Gasteiger partial charge in [0.25, 0.3) is 0 Å². The van der Waals surface area contributed by atoms with Crippen LogP contribution in [0.5, 0.6) is 0 Å². The monoisotopic (exact) mass is 564 g/mol. The highest BCUT2D eigenvalue weighted by Crippen LogP contribution is 2.18. The molecule has 0 atom stereocenters. The van der Waals surface area contributed by atoms with Crippen LogP contribution in [0.4, 0.5) is 22.7 Å². The second kappa shape index (κ2) is 16.9. The summed E-state index contributed by atoms with van der Waals surface area (Å²) in [4.78, 5) is 0. The maximum Gasteiger partial charge on any atom is 0.243 e. The molecule has 0 spiro atoms. The Hall–Kier alpha value is -4.02. The van der Waals surface area contributed by atoms with Gasteiger partial charge in [0.2, 0.25) is 12.7 Å². The fourth-order valence-electron chi connectivity index (χ4n) is 4.40. The van der Waals surface area contributed by atoms with Crippen LogP contribution in [-0.2, 0) is 49.5 Å². The van der Waals surface area contributed by atoms with Gasteiger partial charge in [-0.2, -0.15) is 0 Å². The van der Waals surface area contributed by atoms with Crippen molar-refractivity contribution >= 4 is 22.7 Å². The largest absolute Gasteiger partial charge is 0.399 e. The SMILES string of the molecule is C[n+]1ccn(CCCOCCCc2ccc(N)cc2N)c1.C[n+]1ccn(CCOCCCc2ccc(N)cc2N)c1. The van der Waals surface area contributed by atoms with E-state index in [2.05, 4.69) is 21.7 Å². The Morgan fingerprint density at radius 1 is 0.610 bits per heavy atom. The van der Waals surface area contributed by atoms with Crippen LogP contribution in [-0.4, -0.2) is 35.6 Å². The highest BCUT2D eigenvalue weighted by molar-refractivity contribution is 5.57. The minimum absolute atomic E-state index is 0.711. The summed E-state index contributed by atoms with van der Waals surface area (Å²) in [7, 11) is 4.03. The number of nitrogens with zero attached hydrogens (tertiary/aromatic N) is 4. The van der Waals surface area contributed by atoms with E-state index in [1.807, 2.05) is 84.5 Å². The average molecular weight is 565 g/mol. The van der Waals surface area contributed by atoms with Crippen molar-refractivity contribution in [1.82, 2.24) is 9.13 Å². The van der Waals surface area contributed by atoms with Crippen LogP contribution < -0.4 is 32.1 Å². The van der Waals surface area contributed by atoms with Crippen molar-refractivity contribution in [3.63, 3.8) is 0 Å². The standard InChI is InChI=1S/C16H25N4O.C15H23N4O/c1-19-8-9-20(13-19)7-3-11-21-10-2-4-14-5-6-15(17)12-16(14)18;1-18-6-7-19(12-18)8-10-20-9-2-3-13-4-5-14(16)11-15(13)17/h5-6,8-9,12-13H,2-4,7,10-11,17-18H2,1H3;4-7,11-12H,2-3,8-10,16-17H2,1H3/q2*+1. The number of anilines is 4. The molecule has 41 heavy (non-hydrogen) atoms. The lowest BCUT2D eigenvalue weighted by molar-refractivity contribution is -0.671. The second-order valence-electron chi connectivity index (χ2n) is 10.3. The van der Waals surface area contributed by atoms with E-state index < -0.39 is 0 Å². The minimum Gasteiger partial charge on any atom is -0.399 e.